The molecule has 1 aromatic carbocycles. The van der Waals surface area contributed by atoms with Gasteiger partial charge in [0.15, 0.2) is 0 Å². The number of rotatable bonds is 5. The number of hydrogen-bond acceptors (Lipinski definition) is 4. The lowest BCUT2D eigenvalue weighted by Gasteiger charge is -2.34. The Hall–Kier alpha value is -1.65. The van der Waals surface area contributed by atoms with Crippen molar-refractivity contribution in [3.05, 3.63) is 36.0 Å². The van der Waals surface area contributed by atoms with Crippen LogP contribution in [0.4, 0.5) is 5.69 Å². The van der Waals surface area contributed by atoms with Gasteiger partial charge in [-0.15, -0.1) is 0 Å². The van der Waals surface area contributed by atoms with Gasteiger partial charge in [-0.25, -0.2) is 0 Å². The Balaban J connectivity index is 1.33. The maximum Gasteiger partial charge on any atom is 0.0751 e. The number of likely N-dealkylation sites (tertiary alicyclic amines) is 1. The number of benzene rings is 1. The molecule has 0 spiro atoms. The van der Waals surface area contributed by atoms with Gasteiger partial charge in [0.05, 0.1) is 18.2 Å². The summed E-state index contributed by atoms with van der Waals surface area (Å²) in [5.41, 5.74) is 3.70. The lowest BCUT2D eigenvalue weighted by atomic mass is 10.0. The molecule has 1 aromatic heterocycles. The molecule has 0 amide bonds. The number of para-hydroxylation sites is 1. The number of hydrogen-bond donors (Lipinski definition) is 0. The van der Waals surface area contributed by atoms with Crippen LogP contribution in [0.5, 0.6) is 0 Å². The van der Waals surface area contributed by atoms with Crippen LogP contribution in [0.25, 0.3) is 10.9 Å². The second-order valence-corrected chi connectivity index (χ2v) is 7.41. The molecule has 2 aliphatic heterocycles. The summed E-state index contributed by atoms with van der Waals surface area (Å²) in [6, 6.07) is 8.64. The molecule has 0 atom stereocenters. The summed E-state index contributed by atoms with van der Waals surface area (Å²) in [4.78, 5) is 9.61. The van der Waals surface area contributed by atoms with Crippen molar-refractivity contribution in [1.29, 1.82) is 0 Å². The maximum absolute atomic E-state index is 6.15. The van der Waals surface area contributed by atoms with Crippen LogP contribution in [0.3, 0.4) is 0 Å². The van der Waals surface area contributed by atoms with Gasteiger partial charge in [-0.1, -0.05) is 18.2 Å². The van der Waals surface area contributed by atoms with E-state index in [9.17, 15) is 0 Å². The Kier molecular flexibility index (Phi) is 5.18. The summed E-state index contributed by atoms with van der Waals surface area (Å²) < 4.78 is 6.15. The topological polar surface area (TPSA) is 28.6 Å². The highest BCUT2D eigenvalue weighted by Gasteiger charge is 2.22. The second kappa shape index (κ2) is 7.71. The normalized spacial score (nSPS) is 19.8. The predicted octanol–water partition coefficient (Wildman–Crippen LogP) is 3.62. The Labute approximate surface area is 150 Å². The van der Waals surface area contributed by atoms with E-state index in [1.807, 2.05) is 6.20 Å². The van der Waals surface area contributed by atoms with E-state index in [2.05, 4.69) is 46.0 Å². The van der Waals surface area contributed by atoms with Gasteiger partial charge in [0, 0.05) is 36.9 Å². The van der Waals surface area contributed by atoms with Crippen LogP contribution in [0, 0.1) is 6.92 Å². The molecule has 3 heterocycles. The quantitative estimate of drug-likeness (QED) is 0.832. The first kappa shape index (κ1) is 16.8. The average Bonchev–Trinajstić information content (AvgIpc) is 3.16. The molecule has 2 aromatic rings. The Bertz CT molecular complexity index is 703. The largest absolute Gasteiger partial charge is 0.377 e. The van der Waals surface area contributed by atoms with Crippen molar-refractivity contribution in [3.8, 4) is 0 Å². The lowest BCUT2D eigenvalue weighted by Crippen LogP contribution is -2.38. The number of pyridine rings is 1. The zero-order valence-corrected chi connectivity index (χ0v) is 15.3. The van der Waals surface area contributed by atoms with Gasteiger partial charge in [-0.3, -0.25) is 4.98 Å². The third-order valence-corrected chi connectivity index (χ3v) is 5.69. The van der Waals surface area contributed by atoms with E-state index in [-0.39, 0.29) is 0 Å². The molecule has 134 valence electrons. The highest BCUT2D eigenvalue weighted by atomic mass is 16.5. The Morgan fingerprint density at radius 1 is 1.08 bits per heavy atom. The first-order valence-electron chi connectivity index (χ1n) is 9.74. The highest BCUT2D eigenvalue weighted by molar-refractivity contribution is 5.93. The maximum atomic E-state index is 6.15. The molecule has 2 fully saturated rings. The standard InChI is InChI=1S/C21H29N3O/c1-17-5-4-6-19-20(7-10-22-21(17)19)24-13-8-18(9-14-24)25-16-15-23-11-2-3-12-23/h4-7,10,18H,2-3,8-9,11-16H2,1H3. The molecular weight excluding hydrogens is 310 g/mol. The second-order valence-electron chi connectivity index (χ2n) is 7.41. The molecule has 4 rings (SSSR count). The number of fused-ring (bicyclic) bond motifs is 1. The molecule has 25 heavy (non-hydrogen) atoms. The Morgan fingerprint density at radius 2 is 1.88 bits per heavy atom. The van der Waals surface area contributed by atoms with Crippen LogP contribution < -0.4 is 4.90 Å². The summed E-state index contributed by atoms with van der Waals surface area (Å²) >= 11 is 0. The molecule has 0 N–H and O–H groups in total. The van der Waals surface area contributed by atoms with Crippen LogP contribution >= 0.6 is 0 Å². The zero-order valence-electron chi connectivity index (χ0n) is 15.3. The molecule has 2 saturated heterocycles. The van der Waals surface area contributed by atoms with Crippen molar-refractivity contribution in [3.63, 3.8) is 0 Å². The number of ether oxygens (including phenoxy) is 1. The van der Waals surface area contributed by atoms with Crippen molar-refractivity contribution >= 4 is 16.6 Å². The fourth-order valence-electron chi connectivity index (χ4n) is 4.20. The molecule has 4 nitrogen and oxygen atoms in total. The minimum Gasteiger partial charge on any atom is -0.377 e. The first-order chi connectivity index (χ1) is 12.3. The zero-order chi connectivity index (χ0) is 17.1. The van der Waals surface area contributed by atoms with Crippen molar-refractivity contribution < 1.29 is 4.74 Å². The third kappa shape index (κ3) is 3.80. The van der Waals surface area contributed by atoms with Crippen LogP contribution in [-0.4, -0.2) is 55.3 Å². The summed E-state index contributed by atoms with van der Waals surface area (Å²) in [6.45, 7) is 8.80. The minimum absolute atomic E-state index is 0.425. The van der Waals surface area contributed by atoms with Crippen LogP contribution in [0.15, 0.2) is 30.5 Å². The summed E-state index contributed by atoms with van der Waals surface area (Å²) in [5.74, 6) is 0. The van der Waals surface area contributed by atoms with E-state index in [1.54, 1.807) is 0 Å². The van der Waals surface area contributed by atoms with Gasteiger partial charge in [0.1, 0.15) is 0 Å². The van der Waals surface area contributed by atoms with E-state index >= 15 is 0 Å². The minimum atomic E-state index is 0.425. The number of anilines is 1. The van der Waals surface area contributed by atoms with E-state index < -0.39 is 0 Å². The Morgan fingerprint density at radius 3 is 2.68 bits per heavy atom. The van der Waals surface area contributed by atoms with Crippen LogP contribution in [0.2, 0.25) is 0 Å². The molecule has 0 aliphatic carbocycles. The molecule has 0 unspecified atom stereocenters. The molecule has 4 heteroatoms. The van der Waals surface area contributed by atoms with Gasteiger partial charge in [0.2, 0.25) is 0 Å². The molecule has 0 bridgehead atoms. The van der Waals surface area contributed by atoms with E-state index in [0.717, 1.165) is 44.6 Å². The molecular formula is C21H29N3O. The first-order valence-corrected chi connectivity index (χ1v) is 9.74. The van der Waals surface area contributed by atoms with E-state index in [4.69, 9.17) is 4.74 Å². The molecule has 2 aliphatic rings. The van der Waals surface area contributed by atoms with Gasteiger partial charge in [-0.05, 0) is 57.3 Å². The van der Waals surface area contributed by atoms with Gasteiger partial charge in [0.25, 0.3) is 0 Å². The van der Waals surface area contributed by atoms with Crippen LogP contribution in [-0.2, 0) is 4.74 Å². The summed E-state index contributed by atoms with van der Waals surface area (Å²) in [6.07, 6.45) is 7.33. The number of aryl methyl sites for hydroxylation is 1. The van der Waals surface area contributed by atoms with Gasteiger partial charge >= 0.3 is 0 Å². The van der Waals surface area contributed by atoms with Crippen molar-refractivity contribution in [2.24, 2.45) is 0 Å². The van der Waals surface area contributed by atoms with E-state index in [1.165, 1.54) is 42.6 Å². The SMILES string of the molecule is Cc1cccc2c(N3CCC(OCCN4CCCC4)CC3)ccnc12. The average molecular weight is 339 g/mol. The highest BCUT2D eigenvalue weighted by Crippen LogP contribution is 2.29. The van der Waals surface area contributed by atoms with Crippen molar-refractivity contribution in [2.45, 2.75) is 38.7 Å². The fourth-order valence-corrected chi connectivity index (χ4v) is 4.20. The van der Waals surface area contributed by atoms with Crippen LogP contribution in [0.1, 0.15) is 31.2 Å². The number of nitrogens with zero attached hydrogens (tertiary/aromatic N) is 3. The van der Waals surface area contributed by atoms with Gasteiger partial charge in [-0.2, -0.15) is 0 Å². The summed E-state index contributed by atoms with van der Waals surface area (Å²) in [5, 5.41) is 1.27. The third-order valence-electron chi connectivity index (χ3n) is 5.69. The molecule has 0 saturated carbocycles. The summed E-state index contributed by atoms with van der Waals surface area (Å²) in [7, 11) is 0. The number of piperidine rings is 1. The van der Waals surface area contributed by atoms with Crippen molar-refractivity contribution in [2.75, 3.05) is 44.2 Å². The monoisotopic (exact) mass is 339 g/mol. The predicted molar refractivity (Wildman–Crippen MR) is 103 cm³/mol. The fraction of sp³-hybridized carbons (Fsp3) is 0.571. The van der Waals surface area contributed by atoms with Gasteiger partial charge < -0.3 is 14.5 Å². The van der Waals surface area contributed by atoms with Crippen molar-refractivity contribution in [1.82, 2.24) is 9.88 Å². The molecule has 0 radical (unpaired) electrons. The smallest absolute Gasteiger partial charge is 0.0751 e. The number of aromatic nitrogens is 1. The lowest BCUT2D eigenvalue weighted by molar-refractivity contribution is 0.0266. The van der Waals surface area contributed by atoms with E-state index in [0.29, 0.717) is 6.10 Å².